The van der Waals surface area contributed by atoms with Crippen molar-refractivity contribution in [1.29, 1.82) is 0 Å². The van der Waals surface area contributed by atoms with Gasteiger partial charge >= 0.3 is 6.09 Å². The van der Waals surface area contributed by atoms with Crippen LogP contribution in [0.3, 0.4) is 0 Å². The molecule has 24 heavy (non-hydrogen) atoms. The summed E-state index contributed by atoms with van der Waals surface area (Å²) >= 11 is 0. The van der Waals surface area contributed by atoms with Gasteiger partial charge in [0, 0.05) is 23.0 Å². The number of fused-ring (bicyclic) bond motifs is 1. The Morgan fingerprint density at radius 1 is 1.08 bits per heavy atom. The van der Waals surface area contributed by atoms with Crippen LogP contribution in [-0.4, -0.2) is 24.1 Å². The van der Waals surface area contributed by atoms with Crippen LogP contribution in [0.5, 0.6) is 0 Å². The van der Waals surface area contributed by atoms with Gasteiger partial charge in [-0.3, -0.25) is 10.1 Å². The molecule has 0 unspecified atom stereocenters. The van der Waals surface area contributed by atoms with Crippen LogP contribution in [0.4, 0.5) is 20.6 Å². The standard InChI is InChI=1S/C17H14FN3O3/c1-24-17(23)21-15-9-12(4-5-13(15)18)20-16(22)11-3-2-10-6-7-19-14(10)8-11/h2-9,19H,1H3,(H,20,22)(H,21,23). The zero-order chi connectivity index (χ0) is 17.1. The number of carbonyl (C=O) groups excluding carboxylic acids is 2. The fourth-order valence-electron chi connectivity index (χ4n) is 2.25. The van der Waals surface area contributed by atoms with E-state index in [1.54, 1.807) is 18.3 Å². The first-order valence-electron chi connectivity index (χ1n) is 7.10. The molecule has 7 heteroatoms. The molecule has 3 aromatic rings. The summed E-state index contributed by atoms with van der Waals surface area (Å²) in [6.07, 6.45) is 0.992. The Balaban J connectivity index is 1.80. The summed E-state index contributed by atoms with van der Waals surface area (Å²) < 4.78 is 18.1. The molecule has 2 amide bonds. The number of hydrogen-bond acceptors (Lipinski definition) is 3. The van der Waals surface area contributed by atoms with Crippen molar-refractivity contribution in [1.82, 2.24) is 4.98 Å². The molecule has 122 valence electrons. The summed E-state index contributed by atoms with van der Waals surface area (Å²) in [6, 6.07) is 11.0. The molecule has 0 aliphatic rings. The second-order valence-corrected chi connectivity index (χ2v) is 5.05. The number of hydrogen-bond donors (Lipinski definition) is 3. The van der Waals surface area contributed by atoms with E-state index in [0.717, 1.165) is 17.0 Å². The quantitative estimate of drug-likeness (QED) is 0.685. The highest BCUT2D eigenvalue weighted by Crippen LogP contribution is 2.21. The smallest absolute Gasteiger partial charge is 0.411 e. The molecule has 0 saturated heterocycles. The van der Waals surface area contributed by atoms with E-state index in [1.807, 2.05) is 12.1 Å². The van der Waals surface area contributed by atoms with E-state index in [2.05, 4.69) is 20.4 Å². The van der Waals surface area contributed by atoms with Crippen molar-refractivity contribution < 1.29 is 18.7 Å². The topological polar surface area (TPSA) is 83.2 Å². The summed E-state index contributed by atoms with van der Waals surface area (Å²) in [5.74, 6) is -0.978. The third kappa shape index (κ3) is 3.19. The number of aromatic amines is 1. The number of ether oxygens (including phenoxy) is 1. The van der Waals surface area contributed by atoms with Crippen molar-refractivity contribution in [3.63, 3.8) is 0 Å². The van der Waals surface area contributed by atoms with Crippen molar-refractivity contribution in [3.05, 3.63) is 60.0 Å². The molecule has 1 aromatic heterocycles. The molecule has 1 heterocycles. The molecule has 0 saturated carbocycles. The minimum atomic E-state index is -0.797. The number of aromatic nitrogens is 1. The largest absolute Gasteiger partial charge is 0.453 e. The van der Waals surface area contributed by atoms with Gasteiger partial charge in [-0.1, -0.05) is 6.07 Å². The number of benzene rings is 2. The van der Waals surface area contributed by atoms with Gasteiger partial charge in [-0.2, -0.15) is 0 Å². The zero-order valence-electron chi connectivity index (χ0n) is 12.7. The van der Waals surface area contributed by atoms with Gasteiger partial charge in [0.05, 0.1) is 12.8 Å². The number of carbonyl (C=O) groups is 2. The Hall–Kier alpha value is -3.35. The van der Waals surface area contributed by atoms with Gasteiger partial charge in [0.1, 0.15) is 5.82 Å². The molecule has 6 nitrogen and oxygen atoms in total. The van der Waals surface area contributed by atoms with E-state index in [4.69, 9.17) is 0 Å². The lowest BCUT2D eigenvalue weighted by molar-refractivity contribution is 0.102. The fraction of sp³-hybridized carbons (Fsp3) is 0.0588. The molecule has 0 fully saturated rings. The minimum absolute atomic E-state index is 0.0838. The summed E-state index contributed by atoms with van der Waals surface area (Å²) in [7, 11) is 1.18. The van der Waals surface area contributed by atoms with E-state index in [9.17, 15) is 14.0 Å². The number of rotatable bonds is 3. The van der Waals surface area contributed by atoms with Crippen LogP contribution < -0.4 is 10.6 Å². The van der Waals surface area contributed by atoms with Crippen LogP contribution in [0, 0.1) is 5.82 Å². The van der Waals surface area contributed by atoms with Crippen LogP contribution in [0.15, 0.2) is 48.7 Å². The molecule has 3 rings (SSSR count). The van der Waals surface area contributed by atoms with Gasteiger partial charge in [0.25, 0.3) is 5.91 Å². The van der Waals surface area contributed by atoms with Crippen molar-refractivity contribution in [3.8, 4) is 0 Å². The monoisotopic (exact) mass is 327 g/mol. The number of nitrogens with one attached hydrogen (secondary N) is 3. The summed E-state index contributed by atoms with van der Waals surface area (Å²) in [6.45, 7) is 0. The summed E-state index contributed by atoms with van der Waals surface area (Å²) in [5.41, 5.74) is 1.56. The maximum absolute atomic E-state index is 13.7. The average Bonchev–Trinajstić information content (AvgIpc) is 3.05. The van der Waals surface area contributed by atoms with E-state index in [0.29, 0.717) is 11.3 Å². The highest BCUT2D eigenvalue weighted by molar-refractivity contribution is 6.06. The molecule has 3 N–H and O–H groups in total. The van der Waals surface area contributed by atoms with E-state index in [1.165, 1.54) is 19.2 Å². The fourth-order valence-corrected chi connectivity index (χ4v) is 2.25. The maximum atomic E-state index is 13.7. The number of halogens is 1. The molecule has 0 bridgehead atoms. The number of methoxy groups -OCH3 is 1. The van der Waals surface area contributed by atoms with Gasteiger partial charge in [-0.25, -0.2) is 9.18 Å². The van der Waals surface area contributed by atoms with Crippen LogP contribution in [0.25, 0.3) is 10.9 Å². The van der Waals surface area contributed by atoms with Crippen molar-refractivity contribution >= 4 is 34.3 Å². The zero-order valence-corrected chi connectivity index (χ0v) is 12.7. The van der Waals surface area contributed by atoms with Crippen LogP contribution in [0.1, 0.15) is 10.4 Å². The molecule has 2 aromatic carbocycles. The lowest BCUT2D eigenvalue weighted by Crippen LogP contribution is -2.14. The Bertz CT molecular complexity index is 920. The highest BCUT2D eigenvalue weighted by atomic mass is 19.1. The first-order chi connectivity index (χ1) is 11.6. The van der Waals surface area contributed by atoms with Crippen molar-refractivity contribution in [2.24, 2.45) is 0 Å². The van der Waals surface area contributed by atoms with Gasteiger partial charge in [-0.05, 0) is 41.8 Å². The van der Waals surface area contributed by atoms with E-state index in [-0.39, 0.29) is 11.6 Å². The number of H-pyrrole nitrogens is 1. The molecule has 0 aliphatic heterocycles. The first kappa shape index (κ1) is 15.5. The Labute approximate surface area is 136 Å². The maximum Gasteiger partial charge on any atom is 0.411 e. The second-order valence-electron chi connectivity index (χ2n) is 5.05. The van der Waals surface area contributed by atoms with Gasteiger partial charge in [-0.15, -0.1) is 0 Å². The van der Waals surface area contributed by atoms with Crippen molar-refractivity contribution in [2.75, 3.05) is 17.7 Å². The summed E-state index contributed by atoms with van der Waals surface area (Å²) in [5, 5.41) is 5.90. The number of amides is 2. The number of anilines is 2. The first-order valence-corrected chi connectivity index (χ1v) is 7.10. The molecule has 0 aliphatic carbocycles. The van der Waals surface area contributed by atoms with E-state index < -0.39 is 11.9 Å². The summed E-state index contributed by atoms with van der Waals surface area (Å²) in [4.78, 5) is 26.6. The van der Waals surface area contributed by atoms with Crippen molar-refractivity contribution in [2.45, 2.75) is 0 Å². The Kier molecular flexibility index (Phi) is 4.15. The second kappa shape index (κ2) is 6.41. The van der Waals surface area contributed by atoms with Crippen LogP contribution in [-0.2, 0) is 4.74 Å². The Morgan fingerprint density at radius 3 is 2.71 bits per heavy atom. The minimum Gasteiger partial charge on any atom is -0.453 e. The van der Waals surface area contributed by atoms with E-state index >= 15 is 0 Å². The lowest BCUT2D eigenvalue weighted by Gasteiger charge is -2.09. The molecule has 0 radical (unpaired) electrons. The lowest BCUT2D eigenvalue weighted by atomic mass is 10.1. The third-order valence-electron chi connectivity index (χ3n) is 3.46. The predicted molar refractivity (Wildman–Crippen MR) is 88.7 cm³/mol. The highest BCUT2D eigenvalue weighted by Gasteiger charge is 2.11. The molecule has 0 atom stereocenters. The molecule has 0 spiro atoms. The van der Waals surface area contributed by atoms with Gasteiger partial charge in [0.15, 0.2) is 0 Å². The van der Waals surface area contributed by atoms with Crippen LogP contribution >= 0.6 is 0 Å². The Morgan fingerprint density at radius 2 is 1.92 bits per heavy atom. The average molecular weight is 327 g/mol. The normalized spacial score (nSPS) is 10.4. The predicted octanol–water partition coefficient (Wildman–Crippen LogP) is 3.74. The third-order valence-corrected chi connectivity index (χ3v) is 3.46. The molecular formula is C17H14FN3O3. The molecular weight excluding hydrogens is 313 g/mol. The van der Waals surface area contributed by atoms with Gasteiger partial charge in [0.2, 0.25) is 0 Å². The van der Waals surface area contributed by atoms with Crippen LogP contribution in [0.2, 0.25) is 0 Å². The van der Waals surface area contributed by atoms with Gasteiger partial charge < -0.3 is 15.0 Å². The SMILES string of the molecule is COC(=O)Nc1cc(NC(=O)c2ccc3cc[nH]c3c2)ccc1F.